The van der Waals surface area contributed by atoms with Crippen LogP contribution in [0, 0.1) is 38.3 Å². The maximum Gasteiger partial charge on any atom is 0.126 e. The number of rotatable bonds is 3. The first-order valence-corrected chi connectivity index (χ1v) is 11.0. The number of allylic oxidation sites excluding steroid dienone is 1. The van der Waals surface area contributed by atoms with Gasteiger partial charge < -0.3 is 19.7 Å². The number of benzene rings is 2. The number of hydrogen-bond donors (Lipinski definition) is 2. The van der Waals surface area contributed by atoms with Crippen molar-refractivity contribution in [3.05, 3.63) is 65.1 Å². The average molecular weight is 469 g/mol. The molecule has 3 aromatic rings. The Hall–Kier alpha value is -3.30. The molecule has 0 unspecified atom stereocenters. The van der Waals surface area contributed by atoms with Crippen molar-refractivity contribution >= 4 is 16.6 Å². The normalized spacial score (nSPS) is 12.5. The van der Waals surface area contributed by atoms with Crippen molar-refractivity contribution in [1.29, 1.82) is 0 Å². The smallest absolute Gasteiger partial charge is 0.126 e. The van der Waals surface area contributed by atoms with Crippen LogP contribution in [0.1, 0.15) is 37.6 Å². The summed E-state index contributed by atoms with van der Waals surface area (Å²) in [5.41, 5.74) is 5.87. The van der Waals surface area contributed by atoms with Crippen LogP contribution >= 0.6 is 0 Å². The van der Waals surface area contributed by atoms with Crippen LogP contribution in [0.3, 0.4) is 0 Å². The van der Waals surface area contributed by atoms with E-state index >= 15 is 0 Å². The van der Waals surface area contributed by atoms with E-state index in [-0.39, 0.29) is 12.2 Å². The fourth-order valence-corrected chi connectivity index (χ4v) is 4.36. The SMILES string of the molecule is C#C.C=C(O)Cc1c(C)c2c3c(cc(C)n3CCN2C)c1-c1cc(F)cc(F)c1.CC(C)(C)O. The van der Waals surface area contributed by atoms with Gasteiger partial charge in [-0.3, -0.25) is 0 Å². The van der Waals surface area contributed by atoms with E-state index in [1.165, 1.54) is 12.1 Å². The molecule has 2 heterocycles. The summed E-state index contributed by atoms with van der Waals surface area (Å²) in [7, 11) is 2.05. The van der Waals surface area contributed by atoms with Crippen LogP contribution in [0.15, 0.2) is 36.6 Å². The maximum atomic E-state index is 14.0. The molecule has 0 fully saturated rings. The predicted octanol–water partition coefficient (Wildman–Crippen LogP) is 6.29. The highest BCUT2D eigenvalue weighted by Gasteiger charge is 2.27. The van der Waals surface area contributed by atoms with Crippen molar-refractivity contribution in [3.63, 3.8) is 0 Å². The van der Waals surface area contributed by atoms with Gasteiger partial charge in [-0.2, -0.15) is 0 Å². The molecule has 1 aliphatic heterocycles. The van der Waals surface area contributed by atoms with Gasteiger partial charge in [0.15, 0.2) is 0 Å². The topological polar surface area (TPSA) is 48.6 Å². The van der Waals surface area contributed by atoms with Crippen LogP contribution in [-0.4, -0.2) is 34.0 Å². The van der Waals surface area contributed by atoms with E-state index in [0.29, 0.717) is 5.56 Å². The average Bonchev–Trinajstić information content (AvgIpc) is 3.02. The number of aliphatic hydroxyl groups is 2. The van der Waals surface area contributed by atoms with Crippen molar-refractivity contribution in [2.75, 3.05) is 18.5 Å². The Balaban J connectivity index is 0.000000520. The zero-order valence-corrected chi connectivity index (χ0v) is 20.8. The molecular weight excluding hydrogens is 434 g/mol. The number of nitrogens with zero attached hydrogens (tertiary/aromatic N) is 2. The molecule has 4 nitrogen and oxygen atoms in total. The van der Waals surface area contributed by atoms with Gasteiger partial charge in [0.05, 0.1) is 22.6 Å². The lowest BCUT2D eigenvalue weighted by atomic mass is 9.88. The van der Waals surface area contributed by atoms with Gasteiger partial charge in [-0.25, -0.2) is 8.78 Å². The lowest BCUT2D eigenvalue weighted by Gasteiger charge is -2.31. The van der Waals surface area contributed by atoms with Crippen LogP contribution in [0.25, 0.3) is 22.0 Å². The summed E-state index contributed by atoms with van der Waals surface area (Å²) >= 11 is 0. The number of aliphatic hydroxyl groups excluding tert-OH is 1. The molecule has 0 spiro atoms. The Bertz CT molecular complexity index is 1210. The highest BCUT2D eigenvalue weighted by molar-refractivity contribution is 6.06. The van der Waals surface area contributed by atoms with Crippen molar-refractivity contribution in [2.45, 2.75) is 53.2 Å². The third kappa shape index (κ3) is 5.78. The third-order valence-electron chi connectivity index (χ3n) is 5.48. The van der Waals surface area contributed by atoms with Crippen LogP contribution in [-0.2, 0) is 13.0 Å². The summed E-state index contributed by atoms with van der Waals surface area (Å²) in [6.45, 7) is 14.7. The Labute approximate surface area is 201 Å². The Morgan fingerprint density at radius 1 is 1.06 bits per heavy atom. The summed E-state index contributed by atoms with van der Waals surface area (Å²) in [6, 6.07) is 5.64. The van der Waals surface area contributed by atoms with Crippen LogP contribution in [0.5, 0.6) is 0 Å². The summed E-state index contributed by atoms with van der Waals surface area (Å²) < 4.78 is 30.2. The van der Waals surface area contributed by atoms with E-state index in [4.69, 9.17) is 5.11 Å². The molecule has 1 aromatic heterocycles. The molecule has 0 aliphatic carbocycles. The van der Waals surface area contributed by atoms with E-state index in [1.54, 1.807) is 20.8 Å². The summed E-state index contributed by atoms with van der Waals surface area (Å²) in [4.78, 5) is 2.21. The first-order chi connectivity index (χ1) is 15.8. The Morgan fingerprint density at radius 2 is 1.59 bits per heavy atom. The summed E-state index contributed by atoms with van der Waals surface area (Å²) in [6.07, 6.45) is 8.24. The molecule has 2 N–H and O–H groups in total. The molecule has 0 saturated heterocycles. The van der Waals surface area contributed by atoms with Crippen LogP contribution in [0.4, 0.5) is 14.5 Å². The monoisotopic (exact) mass is 468 g/mol. The number of terminal acetylenes is 1. The van der Waals surface area contributed by atoms with Crippen molar-refractivity contribution < 1.29 is 19.0 Å². The quantitative estimate of drug-likeness (QED) is 0.351. The molecule has 34 heavy (non-hydrogen) atoms. The molecule has 0 bridgehead atoms. The summed E-state index contributed by atoms with van der Waals surface area (Å²) in [5, 5.41) is 19.4. The molecule has 182 valence electrons. The molecule has 6 heteroatoms. The first kappa shape index (κ1) is 26.9. The maximum absolute atomic E-state index is 14.0. The van der Waals surface area contributed by atoms with Gasteiger partial charge in [-0.15, -0.1) is 12.8 Å². The molecule has 2 aromatic carbocycles. The molecule has 4 rings (SSSR count). The minimum Gasteiger partial charge on any atom is -0.513 e. The minimum absolute atomic E-state index is 0.0254. The Morgan fingerprint density at radius 3 is 2.09 bits per heavy atom. The van der Waals surface area contributed by atoms with Gasteiger partial charge in [0.25, 0.3) is 0 Å². The second-order valence-electron chi connectivity index (χ2n) is 9.52. The zero-order chi connectivity index (χ0) is 26.0. The molecule has 0 saturated carbocycles. The summed E-state index contributed by atoms with van der Waals surface area (Å²) in [5.74, 6) is -1.21. The lowest BCUT2D eigenvalue weighted by Crippen LogP contribution is -2.29. The molecule has 0 atom stereocenters. The van der Waals surface area contributed by atoms with E-state index in [0.717, 1.165) is 58.1 Å². The number of halogens is 2. The van der Waals surface area contributed by atoms with E-state index in [2.05, 4.69) is 35.0 Å². The van der Waals surface area contributed by atoms with Crippen molar-refractivity contribution in [1.82, 2.24) is 4.57 Å². The fourth-order valence-electron chi connectivity index (χ4n) is 4.36. The van der Waals surface area contributed by atoms with Gasteiger partial charge in [0.1, 0.15) is 11.6 Å². The molecule has 0 radical (unpaired) electrons. The highest BCUT2D eigenvalue weighted by atomic mass is 19.1. The minimum atomic E-state index is -0.617. The number of likely N-dealkylation sites (N-methyl/N-ethyl adjacent to an activating group) is 1. The van der Waals surface area contributed by atoms with Gasteiger partial charge in [-0.1, -0.05) is 6.58 Å². The number of hydrogen-bond acceptors (Lipinski definition) is 3. The second-order valence-corrected chi connectivity index (χ2v) is 9.52. The molecule has 1 aliphatic rings. The Kier molecular flexibility index (Phi) is 8.18. The first-order valence-electron chi connectivity index (χ1n) is 11.0. The van der Waals surface area contributed by atoms with Gasteiger partial charge >= 0.3 is 0 Å². The number of anilines is 1. The van der Waals surface area contributed by atoms with Gasteiger partial charge in [0, 0.05) is 43.7 Å². The van der Waals surface area contributed by atoms with Crippen LogP contribution in [0.2, 0.25) is 0 Å². The zero-order valence-electron chi connectivity index (χ0n) is 20.8. The standard InChI is InChI=1S/C22H22F2N2O.C4H10O.C2H2/c1-12-7-19-20(15-9-16(23)11-17(24)10-15)18(8-13(2)27)14(3)21-22(19)26(12)6-5-25(21)4;1-4(2,3)5;1-2/h7,9-11,27H,2,5-6,8H2,1,3-4H3;5H,1-3H3;1-2H. The van der Waals surface area contributed by atoms with E-state index in [9.17, 15) is 13.9 Å². The molecular formula is C28H34F2N2O2. The van der Waals surface area contributed by atoms with E-state index in [1.807, 2.05) is 20.9 Å². The predicted molar refractivity (Wildman–Crippen MR) is 137 cm³/mol. The van der Waals surface area contributed by atoms with Crippen molar-refractivity contribution in [2.24, 2.45) is 0 Å². The van der Waals surface area contributed by atoms with Gasteiger partial charge in [0.2, 0.25) is 0 Å². The van der Waals surface area contributed by atoms with Crippen molar-refractivity contribution in [3.8, 4) is 24.0 Å². The second kappa shape index (κ2) is 10.3. The third-order valence-corrected chi connectivity index (χ3v) is 5.48. The lowest BCUT2D eigenvalue weighted by molar-refractivity contribution is 0.102. The van der Waals surface area contributed by atoms with Crippen LogP contribution < -0.4 is 4.90 Å². The number of aryl methyl sites for hydroxylation is 1. The number of aromatic nitrogens is 1. The molecule has 0 amide bonds. The fraction of sp³-hybridized carbons (Fsp3) is 0.357. The van der Waals surface area contributed by atoms with Gasteiger partial charge in [-0.05, 0) is 75.1 Å². The largest absolute Gasteiger partial charge is 0.513 e. The van der Waals surface area contributed by atoms with E-state index < -0.39 is 17.2 Å². The highest BCUT2D eigenvalue weighted by Crippen LogP contribution is 2.45.